The molecule has 0 spiro atoms. The van der Waals surface area contributed by atoms with Crippen LogP contribution in [0.25, 0.3) is 11.1 Å². The predicted molar refractivity (Wildman–Crippen MR) is 71.3 cm³/mol. The number of benzene rings is 1. The Morgan fingerprint density at radius 1 is 1.18 bits per heavy atom. The number of aromatic nitrogens is 2. The highest BCUT2D eigenvalue weighted by atomic mass is 19.4. The van der Waals surface area contributed by atoms with Crippen LogP contribution in [0, 0.1) is 0 Å². The number of carbonyl (C=O) groups is 1. The monoisotopic (exact) mass is 314 g/mol. The van der Waals surface area contributed by atoms with Gasteiger partial charge in [-0.15, -0.1) is 13.2 Å². The maximum Gasteiger partial charge on any atom is 0.573 e. The molecule has 1 aromatic carbocycles. The maximum absolute atomic E-state index is 12.1. The van der Waals surface area contributed by atoms with Gasteiger partial charge in [-0.3, -0.25) is 4.68 Å². The van der Waals surface area contributed by atoms with E-state index in [4.69, 9.17) is 5.11 Å². The summed E-state index contributed by atoms with van der Waals surface area (Å²) in [4.78, 5) is 11.2. The van der Waals surface area contributed by atoms with Gasteiger partial charge in [0, 0.05) is 11.8 Å². The largest absolute Gasteiger partial charge is 0.573 e. The van der Waals surface area contributed by atoms with Crippen LogP contribution in [-0.2, 0) is 10.3 Å². The molecule has 0 aliphatic heterocycles. The number of nitrogens with zero attached hydrogens (tertiary/aromatic N) is 2. The molecule has 2 aromatic rings. The number of aliphatic carboxylic acids is 1. The zero-order valence-corrected chi connectivity index (χ0v) is 11.8. The second-order valence-corrected chi connectivity index (χ2v) is 5.11. The van der Waals surface area contributed by atoms with Crippen LogP contribution in [0.3, 0.4) is 0 Å². The van der Waals surface area contributed by atoms with E-state index in [1.54, 1.807) is 0 Å². The van der Waals surface area contributed by atoms with Crippen molar-refractivity contribution in [2.45, 2.75) is 25.7 Å². The highest BCUT2D eigenvalue weighted by molar-refractivity contribution is 5.76. The van der Waals surface area contributed by atoms with Crippen LogP contribution in [0.4, 0.5) is 13.2 Å². The standard InChI is InChI=1S/C14H13F3N2O3/c1-13(2,12(20)21)19-8-10(7-18-19)9-3-5-11(6-4-9)22-14(15,16)17/h3-8H,1-2H3,(H,20,21). The van der Waals surface area contributed by atoms with Gasteiger partial charge in [0.2, 0.25) is 0 Å². The summed E-state index contributed by atoms with van der Waals surface area (Å²) in [7, 11) is 0. The summed E-state index contributed by atoms with van der Waals surface area (Å²) >= 11 is 0. The molecule has 0 amide bonds. The third kappa shape index (κ3) is 3.38. The van der Waals surface area contributed by atoms with Crippen LogP contribution in [0.1, 0.15) is 13.8 Å². The first-order valence-corrected chi connectivity index (χ1v) is 6.24. The molecule has 0 atom stereocenters. The molecule has 0 aliphatic rings. The number of hydrogen-bond donors (Lipinski definition) is 1. The second-order valence-electron chi connectivity index (χ2n) is 5.11. The summed E-state index contributed by atoms with van der Waals surface area (Å²) in [6.07, 6.45) is -1.77. The van der Waals surface area contributed by atoms with Gasteiger partial charge < -0.3 is 9.84 Å². The van der Waals surface area contributed by atoms with E-state index in [9.17, 15) is 18.0 Å². The van der Waals surface area contributed by atoms with Crippen molar-refractivity contribution in [3.63, 3.8) is 0 Å². The van der Waals surface area contributed by atoms with Gasteiger partial charge >= 0.3 is 12.3 Å². The molecule has 22 heavy (non-hydrogen) atoms. The van der Waals surface area contributed by atoms with E-state index in [0.717, 1.165) is 0 Å². The van der Waals surface area contributed by atoms with Crippen molar-refractivity contribution in [3.8, 4) is 16.9 Å². The van der Waals surface area contributed by atoms with E-state index in [1.807, 2.05) is 0 Å². The van der Waals surface area contributed by atoms with Crippen LogP contribution in [0.5, 0.6) is 5.75 Å². The summed E-state index contributed by atoms with van der Waals surface area (Å²) in [6, 6.07) is 5.25. The zero-order chi connectivity index (χ0) is 16.5. The van der Waals surface area contributed by atoms with Gasteiger partial charge in [0.1, 0.15) is 5.75 Å². The number of rotatable bonds is 4. The highest BCUT2D eigenvalue weighted by Crippen LogP contribution is 2.27. The summed E-state index contributed by atoms with van der Waals surface area (Å²) in [6.45, 7) is 2.98. The average Bonchev–Trinajstić information content (AvgIpc) is 2.87. The van der Waals surface area contributed by atoms with E-state index in [1.165, 1.54) is 55.2 Å². The Kier molecular flexibility index (Phi) is 3.87. The number of halogens is 3. The van der Waals surface area contributed by atoms with Gasteiger partial charge in [-0.25, -0.2) is 4.79 Å². The summed E-state index contributed by atoms with van der Waals surface area (Å²) in [5.74, 6) is -1.37. The first-order chi connectivity index (χ1) is 10.1. The Hall–Kier alpha value is -2.51. The van der Waals surface area contributed by atoms with Crippen LogP contribution < -0.4 is 4.74 Å². The van der Waals surface area contributed by atoms with E-state index < -0.39 is 17.9 Å². The summed E-state index contributed by atoms with van der Waals surface area (Å²) in [5.41, 5.74) is -0.0349. The molecule has 0 unspecified atom stereocenters. The topological polar surface area (TPSA) is 64.3 Å². The first kappa shape index (κ1) is 15.9. The van der Waals surface area contributed by atoms with E-state index in [-0.39, 0.29) is 5.75 Å². The van der Waals surface area contributed by atoms with Crippen LogP contribution >= 0.6 is 0 Å². The molecule has 0 saturated heterocycles. The lowest BCUT2D eigenvalue weighted by Crippen LogP contribution is -2.35. The summed E-state index contributed by atoms with van der Waals surface area (Å²) in [5, 5.41) is 13.1. The molecule has 0 saturated carbocycles. The van der Waals surface area contributed by atoms with E-state index in [2.05, 4.69) is 9.84 Å². The van der Waals surface area contributed by atoms with Crippen molar-refractivity contribution >= 4 is 5.97 Å². The number of carboxylic acids is 1. The van der Waals surface area contributed by atoms with Gasteiger partial charge in [0.05, 0.1) is 6.20 Å². The molecule has 1 aromatic heterocycles. The van der Waals surface area contributed by atoms with Gasteiger partial charge in [-0.05, 0) is 31.5 Å². The van der Waals surface area contributed by atoms with Gasteiger partial charge in [0.15, 0.2) is 5.54 Å². The molecular formula is C14H13F3N2O3. The number of alkyl halides is 3. The molecule has 2 rings (SSSR count). The van der Waals surface area contributed by atoms with Crippen LogP contribution in [0.15, 0.2) is 36.7 Å². The SMILES string of the molecule is CC(C)(C(=O)O)n1cc(-c2ccc(OC(F)(F)F)cc2)cn1. The van der Waals surface area contributed by atoms with Crippen molar-refractivity contribution in [1.82, 2.24) is 9.78 Å². The Morgan fingerprint density at radius 3 is 2.27 bits per heavy atom. The van der Waals surface area contributed by atoms with Gasteiger partial charge in [0.25, 0.3) is 0 Å². The Bertz CT molecular complexity index is 675. The minimum atomic E-state index is -4.74. The fourth-order valence-electron chi connectivity index (χ4n) is 1.72. The van der Waals surface area contributed by atoms with E-state index in [0.29, 0.717) is 11.1 Å². The van der Waals surface area contributed by atoms with Gasteiger partial charge in [-0.2, -0.15) is 5.10 Å². The third-order valence-electron chi connectivity index (χ3n) is 3.10. The zero-order valence-electron chi connectivity index (χ0n) is 11.8. The lowest BCUT2D eigenvalue weighted by Gasteiger charge is -2.19. The quantitative estimate of drug-likeness (QED) is 0.940. The number of carboxylic acid groups (broad SMARTS) is 1. The van der Waals surface area contributed by atoms with Crippen molar-refractivity contribution < 1.29 is 27.8 Å². The average molecular weight is 314 g/mol. The minimum Gasteiger partial charge on any atom is -0.479 e. The van der Waals surface area contributed by atoms with Crippen molar-refractivity contribution in [2.75, 3.05) is 0 Å². The molecule has 0 fully saturated rings. The fraction of sp³-hybridized carbons (Fsp3) is 0.286. The Balaban J connectivity index is 2.23. The van der Waals surface area contributed by atoms with Gasteiger partial charge in [-0.1, -0.05) is 12.1 Å². The molecule has 8 heteroatoms. The fourth-order valence-corrected chi connectivity index (χ4v) is 1.72. The first-order valence-electron chi connectivity index (χ1n) is 6.24. The Labute approximate surface area is 123 Å². The van der Waals surface area contributed by atoms with Crippen molar-refractivity contribution in [3.05, 3.63) is 36.7 Å². The maximum atomic E-state index is 12.1. The number of ether oxygens (including phenoxy) is 1. The smallest absolute Gasteiger partial charge is 0.479 e. The summed E-state index contributed by atoms with van der Waals surface area (Å²) < 4.78 is 41.3. The lowest BCUT2D eigenvalue weighted by atomic mass is 10.1. The second kappa shape index (κ2) is 5.36. The normalized spacial score (nSPS) is 12.2. The molecule has 0 aliphatic carbocycles. The molecule has 0 bridgehead atoms. The molecule has 0 radical (unpaired) electrons. The number of hydrogen-bond acceptors (Lipinski definition) is 3. The van der Waals surface area contributed by atoms with Crippen LogP contribution in [-0.4, -0.2) is 27.2 Å². The van der Waals surface area contributed by atoms with E-state index >= 15 is 0 Å². The lowest BCUT2D eigenvalue weighted by molar-refractivity contribution is -0.274. The third-order valence-corrected chi connectivity index (χ3v) is 3.10. The molecular weight excluding hydrogens is 301 g/mol. The molecule has 1 heterocycles. The Morgan fingerprint density at radius 2 is 1.77 bits per heavy atom. The molecule has 118 valence electrons. The van der Waals surface area contributed by atoms with Crippen LogP contribution in [0.2, 0.25) is 0 Å². The van der Waals surface area contributed by atoms with Crippen molar-refractivity contribution in [1.29, 1.82) is 0 Å². The minimum absolute atomic E-state index is 0.325. The highest BCUT2D eigenvalue weighted by Gasteiger charge is 2.31. The predicted octanol–water partition coefficient (Wildman–Crippen LogP) is 3.27. The molecule has 5 nitrogen and oxygen atoms in total. The van der Waals surface area contributed by atoms with Crippen molar-refractivity contribution in [2.24, 2.45) is 0 Å². The molecule has 1 N–H and O–H groups in total.